The molecule has 2 aromatic carbocycles. The lowest BCUT2D eigenvalue weighted by molar-refractivity contribution is 0.0985. The Kier molecular flexibility index (Phi) is 4.57. The lowest BCUT2D eigenvalue weighted by Crippen LogP contribution is -1.93. The van der Waals surface area contributed by atoms with Crippen LogP contribution in [0, 0.1) is 0 Å². The molecule has 5 nitrogen and oxygen atoms in total. The van der Waals surface area contributed by atoms with Crippen LogP contribution >= 0.6 is 7.60 Å². The summed E-state index contributed by atoms with van der Waals surface area (Å²) < 4.78 is 15.9. The largest absolute Gasteiger partial charge is 0.468 e. The van der Waals surface area contributed by atoms with E-state index < -0.39 is 7.60 Å². The molecule has 0 amide bonds. The van der Waals surface area contributed by atoms with Crippen molar-refractivity contribution in [3.63, 3.8) is 0 Å². The third kappa shape index (κ3) is 4.18. The van der Waals surface area contributed by atoms with Gasteiger partial charge in [0.2, 0.25) is 0 Å². The van der Waals surface area contributed by atoms with Gasteiger partial charge in [-0.25, -0.2) is 0 Å². The van der Waals surface area contributed by atoms with E-state index in [4.69, 9.17) is 19.6 Å². The normalized spacial score (nSPS) is 11.3. The second-order valence-electron chi connectivity index (χ2n) is 4.32. The molecular weight excluding hydrogens is 279 g/mol. The number of hydrogen-bond acceptors (Lipinski definition) is 3. The van der Waals surface area contributed by atoms with E-state index >= 15 is 0 Å². The van der Waals surface area contributed by atoms with Crippen molar-refractivity contribution in [3.8, 4) is 16.9 Å². The molecule has 0 heterocycles. The van der Waals surface area contributed by atoms with Gasteiger partial charge < -0.3 is 19.6 Å². The minimum absolute atomic E-state index is 0.253. The predicted octanol–water partition coefficient (Wildman–Crippen LogP) is 2.36. The van der Waals surface area contributed by atoms with Crippen molar-refractivity contribution in [1.29, 1.82) is 0 Å². The quantitative estimate of drug-likeness (QED) is 0.582. The molecule has 3 N–H and O–H groups in total. The highest BCUT2D eigenvalue weighted by Crippen LogP contribution is 2.39. The van der Waals surface area contributed by atoms with Crippen LogP contribution < -0.4 is 4.74 Å². The summed E-state index contributed by atoms with van der Waals surface area (Å²) >= 11 is 0. The Hall–Kier alpha value is -1.65. The molecule has 0 aromatic heterocycles. The standard InChI is InChI=1S/C14H15O5P/c15-10-19-14-7-5-13(6-8-14)12-3-1-11(2-4-12)9-20(16,17)18/h1-8,15H,9-10H2,(H2,16,17,18). The molecule has 0 bridgehead atoms. The Bertz CT molecular complexity index is 600. The van der Waals surface area contributed by atoms with Crippen LogP contribution in [0.4, 0.5) is 0 Å². The zero-order chi connectivity index (χ0) is 14.6. The highest BCUT2D eigenvalue weighted by atomic mass is 31.2. The van der Waals surface area contributed by atoms with Gasteiger partial charge in [0.05, 0.1) is 6.16 Å². The maximum Gasteiger partial charge on any atom is 0.329 e. The van der Waals surface area contributed by atoms with Crippen LogP contribution in [0.2, 0.25) is 0 Å². The highest BCUT2D eigenvalue weighted by molar-refractivity contribution is 7.50. The van der Waals surface area contributed by atoms with Crippen LogP contribution in [0.15, 0.2) is 48.5 Å². The van der Waals surface area contributed by atoms with Crippen molar-refractivity contribution in [2.24, 2.45) is 0 Å². The third-order valence-electron chi connectivity index (χ3n) is 2.76. The van der Waals surface area contributed by atoms with E-state index in [1.807, 2.05) is 24.3 Å². The summed E-state index contributed by atoms with van der Waals surface area (Å²) in [6, 6.07) is 14.2. The first-order chi connectivity index (χ1) is 9.48. The molecule has 0 saturated heterocycles. The lowest BCUT2D eigenvalue weighted by Gasteiger charge is -2.07. The molecule has 0 spiro atoms. The molecule has 0 atom stereocenters. The van der Waals surface area contributed by atoms with Crippen molar-refractivity contribution >= 4 is 7.60 Å². The first-order valence-corrected chi connectivity index (χ1v) is 7.75. The van der Waals surface area contributed by atoms with Crippen LogP contribution in [0.5, 0.6) is 5.75 Å². The molecule has 0 aliphatic rings. The maximum atomic E-state index is 10.9. The monoisotopic (exact) mass is 294 g/mol. The Labute approximate surface area is 116 Å². The Balaban J connectivity index is 2.15. The topological polar surface area (TPSA) is 87.0 Å². The van der Waals surface area contributed by atoms with Gasteiger partial charge in [-0.15, -0.1) is 0 Å². The summed E-state index contributed by atoms with van der Waals surface area (Å²) in [5.41, 5.74) is 2.50. The first-order valence-electron chi connectivity index (χ1n) is 5.95. The molecule has 20 heavy (non-hydrogen) atoms. The van der Waals surface area contributed by atoms with E-state index in [2.05, 4.69) is 0 Å². The zero-order valence-electron chi connectivity index (χ0n) is 10.6. The van der Waals surface area contributed by atoms with Crippen molar-refractivity contribution in [1.82, 2.24) is 0 Å². The molecule has 0 saturated carbocycles. The molecule has 0 aliphatic heterocycles. The molecule has 106 valence electrons. The first kappa shape index (κ1) is 14.8. The van der Waals surface area contributed by atoms with Crippen LogP contribution in [0.1, 0.15) is 5.56 Å². The highest BCUT2D eigenvalue weighted by Gasteiger charge is 2.13. The minimum atomic E-state index is -4.03. The second kappa shape index (κ2) is 6.20. The second-order valence-corrected chi connectivity index (χ2v) is 5.96. The Morgan fingerprint density at radius 2 is 1.40 bits per heavy atom. The molecule has 2 rings (SSSR count). The fourth-order valence-corrected chi connectivity index (χ4v) is 2.55. The van der Waals surface area contributed by atoms with Gasteiger partial charge >= 0.3 is 7.60 Å². The molecule has 2 aromatic rings. The van der Waals surface area contributed by atoms with Gasteiger partial charge in [0.25, 0.3) is 0 Å². The average Bonchev–Trinajstić information content (AvgIpc) is 2.39. The van der Waals surface area contributed by atoms with Crippen molar-refractivity contribution in [3.05, 3.63) is 54.1 Å². The lowest BCUT2D eigenvalue weighted by atomic mass is 10.0. The van der Waals surface area contributed by atoms with E-state index in [9.17, 15) is 4.57 Å². The number of aliphatic hydroxyl groups is 1. The summed E-state index contributed by atoms with van der Waals surface area (Å²) in [7, 11) is -4.03. The van der Waals surface area contributed by atoms with Gasteiger partial charge in [-0.05, 0) is 28.8 Å². The third-order valence-corrected chi connectivity index (χ3v) is 3.54. The van der Waals surface area contributed by atoms with Crippen LogP contribution in [-0.4, -0.2) is 21.7 Å². The van der Waals surface area contributed by atoms with Gasteiger partial charge in [-0.3, -0.25) is 4.57 Å². The van der Waals surface area contributed by atoms with Crippen molar-refractivity contribution < 1.29 is 24.2 Å². The summed E-state index contributed by atoms with van der Waals surface area (Å²) in [6.45, 7) is -0.365. The molecule has 0 radical (unpaired) electrons. The number of ether oxygens (including phenoxy) is 1. The zero-order valence-corrected chi connectivity index (χ0v) is 11.5. The fourth-order valence-electron chi connectivity index (χ4n) is 1.86. The SMILES string of the molecule is O=P(O)(O)Cc1ccc(-c2ccc(OCO)cc2)cc1. The smallest absolute Gasteiger partial charge is 0.329 e. The van der Waals surface area contributed by atoms with Crippen molar-refractivity contribution in [2.45, 2.75) is 6.16 Å². The maximum absolute atomic E-state index is 10.9. The number of rotatable bonds is 5. The minimum Gasteiger partial charge on any atom is -0.468 e. The van der Waals surface area contributed by atoms with Crippen LogP contribution in [0.3, 0.4) is 0 Å². The van der Waals surface area contributed by atoms with Gasteiger partial charge in [0, 0.05) is 0 Å². The summed E-state index contributed by atoms with van der Waals surface area (Å²) in [4.78, 5) is 17.8. The van der Waals surface area contributed by atoms with Gasteiger partial charge in [-0.2, -0.15) is 0 Å². The number of hydrogen-bond donors (Lipinski definition) is 3. The van der Waals surface area contributed by atoms with E-state index in [1.54, 1.807) is 24.3 Å². The average molecular weight is 294 g/mol. The van der Waals surface area contributed by atoms with Crippen LogP contribution in [0.25, 0.3) is 11.1 Å². The molecular formula is C14H15O5P. The van der Waals surface area contributed by atoms with E-state index in [0.717, 1.165) is 11.1 Å². The van der Waals surface area contributed by atoms with Gasteiger partial charge in [0.15, 0.2) is 6.79 Å². The molecule has 0 unspecified atom stereocenters. The van der Waals surface area contributed by atoms with Gasteiger partial charge in [-0.1, -0.05) is 36.4 Å². The predicted molar refractivity (Wildman–Crippen MR) is 75.3 cm³/mol. The van der Waals surface area contributed by atoms with E-state index in [-0.39, 0.29) is 13.0 Å². The van der Waals surface area contributed by atoms with Gasteiger partial charge in [0.1, 0.15) is 5.75 Å². The Morgan fingerprint density at radius 1 is 0.900 bits per heavy atom. The van der Waals surface area contributed by atoms with E-state index in [1.165, 1.54) is 0 Å². The van der Waals surface area contributed by atoms with Crippen molar-refractivity contribution in [2.75, 3.05) is 6.79 Å². The summed E-state index contributed by atoms with van der Waals surface area (Å²) in [5.74, 6) is 0.578. The molecule has 6 heteroatoms. The molecule has 0 aliphatic carbocycles. The number of aliphatic hydroxyl groups excluding tert-OH is 1. The number of benzene rings is 2. The summed E-state index contributed by atoms with van der Waals surface area (Å²) in [6.07, 6.45) is -0.253. The van der Waals surface area contributed by atoms with E-state index in [0.29, 0.717) is 11.3 Å². The fraction of sp³-hybridized carbons (Fsp3) is 0.143. The summed E-state index contributed by atoms with van der Waals surface area (Å²) in [5, 5.41) is 8.64. The Morgan fingerprint density at radius 3 is 1.85 bits per heavy atom. The van der Waals surface area contributed by atoms with Crippen LogP contribution in [-0.2, 0) is 10.7 Å². The molecule has 0 fully saturated rings.